The van der Waals surface area contributed by atoms with E-state index in [0.29, 0.717) is 12.2 Å². The third-order valence-corrected chi connectivity index (χ3v) is 2.42. The second-order valence-electron chi connectivity index (χ2n) is 3.44. The average Bonchev–Trinajstić information content (AvgIpc) is 2.69. The van der Waals surface area contributed by atoms with Crippen LogP contribution in [-0.4, -0.2) is 40.9 Å². The number of amides is 1. The van der Waals surface area contributed by atoms with Crippen molar-refractivity contribution >= 4 is 18.3 Å². The molecule has 0 unspecified atom stereocenters. The first kappa shape index (κ1) is 13.0. The van der Waals surface area contributed by atoms with Gasteiger partial charge in [0.25, 0.3) is 5.91 Å². The Morgan fingerprint density at radius 2 is 2.38 bits per heavy atom. The van der Waals surface area contributed by atoms with E-state index in [-0.39, 0.29) is 31.5 Å². The number of carbonyl (C=O) groups is 1. The molecule has 0 fully saturated rings. The zero-order valence-corrected chi connectivity index (χ0v) is 9.56. The van der Waals surface area contributed by atoms with Crippen molar-refractivity contribution in [2.45, 2.75) is 13.0 Å². The van der Waals surface area contributed by atoms with Crippen LogP contribution in [0.15, 0.2) is 0 Å². The normalized spacial score (nSPS) is 13.8. The molecule has 6 nitrogen and oxygen atoms in total. The van der Waals surface area contributed by atoms with Crippen LogP contribution in [0.3, 0.4) is 0 Å². The molecule has 0 atom stereocenters. The van der Waals surface area contributed by atoms with Crippen LogP contribution in [0.4, 0.5) is 0 Å². The first-order valence-electron chi connectivity index (χ1n) is 4.99. The molecule has 0 bridgehead atoms. The van der Waals surface area contributed by atoms with E-state index in [1.165, 1.54) is 0 Å². The quantitative estimate of drug-likeness (QED) is 0.562. The first-order chi connectivity index (χ1) is 7.33. The Morgan fingerprint density at radius 3 is 3.12 bits per heavy atom. The maximum atomic E-state index is 11.6. The zero-order chi connectivity index (χ0) is 10.7. The van der Waals surface area contributed by atoms with Crippen LogP contribution in [0.2, 0.25) is 0 Å². The van der Waals surface area contributed by atoms with Crippen LogP contribution < -0.4 is 10.6 Å². The largest absolute Gasteiger partial charge is 0.395 e. The minimum absolute atomic E-state index is 0. The van der Waals surface area contributed by atoms with Gasteiger partial charge in [-0.25, -0.2) is 0 Å². The maximum Gasteiger partial charge on any atom is 0.272 e. The first-order valence-corrected chi connectivity index (χ1v) is 4.99. The lowest BCUT2D eigenvalue weighted by Gasteiger charge is -2.12. The van der Waals surface area contributed by atoms with Crippen molar-refractivity contribution in [1.82, 2.24) is 20.8 Å². The summed E-state index contributed by atoms with van der Waals surface area (Å²) in [5.41, 5.74) is 2.41. The van der Waals surface area contributed by atoms with Crippen LogP contribution in [0, 0.1) is 0 Å². The molecule has 2 heterocycles. The van der Waals surface area contributed by atoms with Gasteiger partial charge in [-0.05, 0) is 0 Å². The maximum absolute atomic E-state index is 11.6. The number of aliphatic hydroxyl groups excluding tert-OH is 1. The number of aromatic nitrogens is 2. The number of aromatic amines is 1. The SMILES string of the molecule is Cl.O=C(NCCO)c1n[nH]c2c1CNCC2. The van der Waals surface area contributed by atoms with Gasteiger partial charge in [0, 0.05) is 37.3 Å². The number of hydrogen-bond donors (Lipinski definition) is 4. The molecule has 1 aliphatic heterocycles. The average molecular weight is 247 g/mol. The molecule has 1 aliphatic rings. The van der Waals surface area contributed by atoms with Gasteiger partial charge in [-0.3, -0.25) is 9.89 Å². The highest BCUT2D eigenvalue weighted by atomic mass is 35.5. The van der Waals surface area contributed by atoms with Gasteiger partial charge in [0.15, 0.2) is 5.69 Å². The van der Waals surface area contributed by atoms with Crippen LogP contribution in [0.25, 0.3) is 0 Å². The minimum atomic E-state index is -0.231. The van der Waals surface area contributed by atoms with Crippen molar-refractivity contribution < 1.29 is 9.90 Å². The fourth-order valence-electron chi connectivity index (χ4n) is 1.67. The summed E-state index contributed by atoms with van der Waals surface area (Å²) in [5.74, 6) is -0.231. The summed E-state index contributed by atoms with van der Waals surface area (Å²) in [6, 6.07) is 0. The number of H-pyrrole nitrogens is 1. The predicted octanol–water partition coefficient (Wildman–Crippen LogP) is -0.801. The molecule has 0 radical (unpaired) electrons. The summed E-state index contributed by atoms with van der Waals surface area (Å²) in [6.45, 7) is 1.78. The van der Waals surface area contributed by atoms with E-state index in [4.69, 9.17) is 5.11 Å². The molecule has 0 spiro atoms. The topological polar surface area (TPSA) is 90.0 Å². The molecule has 1 aromatic rings. The Morgan fingerprint density at radius 1 is 1.56 bits per heavy atom. The Kier molecular flexibility index (Phi) is 4.72. The van der Waals surface area contributed by atoms with Gasteiger partial charge in [-0.2, -0.15) is 5.10 Å². The molecule has 0 aliphatic carbocycles. The lowest BCUT2D eigenvalue weighted by molar-refractivity contribution is 0.0938. The highest BCUT2D eigenvalue weighted by Gasteiger charge is 2.20. The molecule has 4 N–H and O–H groups in total. The molecule has 16 heavy (non-hydrogen) atoms. The second kappa shape index (κ2) is 5.83. The second-order valence-corrected chi connectivity index (χ2v) is 3.44. The minimum Gasteiger partial charge on any atom is -0.395 e. The fraction of sp³-hybridized carbons (Fsp3) is 0.556. The highest BCUT2D eigenvalue weighted by Crippen LogP contribution is 2.14. The number of nitrogens with zero attached hydrogens (tertiary/aromatic N) is 1. The van der Waals surface area contributed by atoms with Gasteiger partial charge in [-0.15, -0.1) is 12.4 Å². The summed E-state index contributed by atoms with van der Waals surface area (Å²) in [6.07, 6.45) is 0.871. The van der Waals surface area contributed by atoms with Crippen molar-refractivity contribution in [2.75, 3.05) is 19.7 Å². The molecule has 2 rings (SSSR count). The third kappa shape index (κ3) is 2.52. The van der Waals surface area contributed by atoms with Gasteiger partial charge < -0.3 is 15.7 Å². The summed E-state index contributed by atoms with van der Waals surface area (Å²) < 4.78 is 0. The van der Waals surface area contributed by atoms with Crippen LogP contribution >= 0.6 is 12.4 Å². The van der Waals surface area contributed by atoms with Gasteiger partial charge in [0.1, 0.15) is 0 Å². The van der Waals surface area contributed by atoms with E-state index in [1.54, 1.807) is 0 Å². The number of halogens is 1. The number of aliphatic hydroxyl groups is 1. The summed E-state index contributed by atoms with van der Waals surface area (Å²) >= 11 is 0. The smallest absolute Gasteiger partial charge is 0.272 e. The summed E-state index contributed by atoms with van der Waals surface area (Å²) in [4.78, 5) is 11.6. The van der Waals surface area contributed by atoms with Gasteiger partial charge in [0.2, 0.25) is 0 Å². The van der Waals surface area contributed by atoms with Crippen molar-refractivity contribution in [1.29, 1.82) is 0 Å². The van der Waals surface area contributed by atoms with Crippen LogP contribution in [0.5, 0.6) is 0 Å². The van der Waals surface area contributed by atoms with E-state index in [2.05, 4.69) is 20.8 Å². The molecule has 90 valence electrons. The Labute approximate surface area is 99.2 Å². The van der Waals surface area contributed by atoms with Gasteiger partial charge >= 0.3 is 0 Å². The number of rotatable bonds is 3. The monoisotopic (exact) mass is 246 g/mol. The lowest BCUT2D eigenvalue weighted by atomic mass is 10.1. The molecular formula is C9H15ClN4O2. The molecular weight excluding hydrogens is 232 g/mol. The number of nitrogens with one attached hydrogen (secondary N) is 3. The molecule has 0 saturated carbocycles. The Hall–Kier alpha value is -1.11. The number of hydrogen-bond acceptors (Lipinski definition) is 4. The Balaban J connectivity index is 0.00000128. The van der Waals surface area contributed by atoms with Gasteiger partial charge in [0.05, 0.1) is 6.61 Å². The number of carbonyl (C=O) groups excluding carboxylic acids is 1. The third-order valence-electron chi connectivity index (χ3n) is 2.42. The van der Waals surface area contributed by atoms with E-state index in [0.717, 1.165) is 24.2 Å². The summed E-state index contributed by atoms with van der Waals surface area (Å²) in [7, 11) is 0. The lowest BCUT2D eigenvalue weighted by Crippen LogP contribution is -2.30. The van der Waals surface area contributed by atoms with E-state index >= 15 is 0 Å². The molecule has 0 saturated heterocycles. The molecule has 0 aromatic carbocycles. The molecule has 1 amide bonds. The van der Waals surface area contributed by atoms with E-state index in [1.807, 2.05) is 0 Å². The van der Waals surface area contributed by atoms with Crippen molar-refractivity contribution in [3.05, 3.63) is 17.0 Å². The van der Waals surface area contributed by atoms with Crippen molar-refractivity contribution in [2.24, 2.45) is 0 Å². The summed E-state index contributed by atoms with van der Waals surface area (Å²) in [5, 5.41) is 21.2. The predicted molar refractivity (Wildman–Crippen MR) is 60.7 cm³/mol. The van der Waals surface area contributed by atoms with Crippen molar-refractivity contribution in [3.63, 3.8) is 0 Å². The van der Waals surface area contributed by atoms with E-state index < -0.39 is 0 Å². The van der Waals surface area contributed by atoms with Crippen LogP contribution in [-0.2, 0) is 13.0 Å². The molecule has 7 heteroatoms. The zero-order valence-electron chi connectivity index (χ0n) is 8.75. The highest BCUT2D eigenvalue weighted by molar-refractivity contribution is 5.94. The molecule has 1 aromatic heterocycles. The van der Waals surface area contributed by atoms with Gasteiger partial charge in [-0.1, -0.05) is 0 Å². The van der Waals surface area contributed by atoms with E-state index in [9.17, 15) is 4.79 Å². The fourth-order valence-corrected chi connectivity index (χ4v) is 1.67. The standard InChI is InChI=1S/C9H14N4O2.ClH/c14-4-3-11-9(15)8-6-5-10-2-1-7(6)12-13-8;/h10,14H,1-5H2,(H,11,15)(H,12,13);1H. The van der Waals surface area contributed by atoms with Crippen molar-refractivity contribution in [3.8, 4) is 0 Å². The van der Waals surface area contributed by atoms with Crippen LogP contribution in [0.1, 0.15) is 21.7 Å². The Bertz CT molecular complexity index is 366. The number of fused-ring (bicyclic) bond motifs is 1.